The van der Waals surface area contributed by atoms with Crippen LogP contribution >= 0.6 is 0 Å². The van der Waals surface area contributed by atoms with Crippen LogP contribution in [-0.4, -0.2) is 5.78 Å². The van der Waals surface area contributed by atoms with Gasteiger partial charge in [-0.15, -0.1) is 0 Å². The number of ketones is 1. The van der Waals surface area contributed by atoms with Crippen molar-refractivity contribution in [1.82, 2.24) is 0 Å². The molecule has 132 valence electrons. The standard InChI is InChI=1S/C24H30O/c1-23(2,3)20-14-10-18(11-15-20)8-7-9-22(25)19-12-16-21(17-13-19)24(4,5)6/h7-8,10-17H,9H2,1-6H3/b8-7+. The number of hydrogen-bond donors (Lipinski definition) is 0. The number of rotatable bonds is 4. The minimum Gasteiger partial charge on any atom is -0.294 e. The average molecular weight is 335 g/mol. The van der Waals surface area contributed by atoms with E-state index in [9.17, 15) is 4.79 Å². The molecule has 2 aromatic rings. The molecule has 2 aromatic carbocycles. The Balaban J connectivity index is 1.98. The minimum atomic E-state index is 0.112. The highest BCUT2D eigenvalue weighted by Gasteiger charge is 2.14. The molecule has 0 spiro atoms. The molecule has 0 heterocycles. The van der Waals surface area contributed by atoms with E-state index in [1.54, 1.807) is 0 Å². The van der Waals surface area contributed by atoms with Gasteiger partial charge < -0.3 is 0 Å². The zero-order valence-electron chi connectivity index (χ0n) is 16.4. The van der Waals surface area contributed by atoms with Gasteiger partial charge in [0.25, 0.3) is 0 Å². The molecule has 0 aliphatic carbocycles. The van der Waals surface area contributed by atoms with Crippen LogP contribution in [0.25, 0.3) is 6.08 Å². The highest BCUT2D eigenvalue weighted by Crippen LogP contribution is 2.23. The van der Waals surface area contributed by atoms with Crippen LogP contribution in [0.15, 0.2) is 54.6 Å². The summed E-state index contributed by atoms with van der Waals surface area (Å²) in [4.78, 5) is 12.3. The third-order valence-corrected chi connectivity index (χ3v) is 4.46. The third-order valence-electron chi connectivity index (χ3n) is 4.46. The molecule has 0 aliphatic rings. The van der Waals surface area contributed by atoms with Crippen molar-refractivity contribution in [1.29, 1.82) is 0 Å². The monoisotopic (exact) mass is 334 g/mol. The second-order valence-corrected chi connectivity index (χ2v) is 8.73. The normalized spacial score (nSPS) is 12.6. The first-order valence-electron chi connectivity index (χ1n) is 8.98. The molecule has 0 N–H and O–H groups in total. The van der Waals surface area contributed by atoms with E-state index in [0.29, 0.717) is 6.42 Å². The highest BCUT2D eigenvalue weighted by molar-refractivity contribution is 5.97. The van der Waals surface area contributed by atoms with Crippen LogP contribution < -0.4 is 0 Å². The molecule has 0 aliphatic heterocycles. The van der Waals surface area contributed by atoms with Gasteiger partial charge >= 0.3 is 0 Å². The second-order valence-electron chi connectivity index (χ2n) is 8.73. The summed E-state index contributed by atoms with van der Waals surface area (Å²) in [5.41, 5.74) is 4.75. The molecule has 25 heavy (non-hydrogen) atoms. The second kappa shape index (κ2) is 7.39. The number of carbonyl (C=O) groups is 1. The number of carbonyl (C=O) groups excluding carboxylic acids is 1. The molecule has 0 unspecified atom stereocenters. The van der Waals surface area contributed by atoms with Crippen molar-refractivity contribution in [2.75, 3.05) is 0 Å². The summed E-state index contributed by atoms with van der Waals surface area (Å²) in [6.07, 6.45) is 4.40. The molecule has 2 rings (SSSR count). The Morgan fingerprint density at radius 2 is 1.20 bits per heavy atom. The van der Waals surface area contributed by atoms with E-state index in [2.05, 4.69) is 77.9 Å². The summed E-state index contributed by atoms with van der Waals surface area (Å²) in [6, 6.07) is 16.5. The number of Topliss-reactive ketones (excluding diaryl/α,β-unsaturated/α-hetero) is 1. The lowest BCUT2D eigenvalue weighted by Gasteiger charge is -2.19. The maximum Gasteiger partial charge on any atom is 0.166 e. The van der Waals surface area contributed by atoms with Gasteiger partial charge in [0.2, 0.25) is 0 Å². The van der Waals surface area contributed by atoms with Gasteiger partial charge in [-0.05, 0) is 27.5 Å². The zero-order chi connectivity index (χ0) is 18.7. The van der Waals surface area contributed by atoms with Crippen molar-refractivity contribution >= 4 is 11.9 Å². The van der Waals surface area contributed by atoms with E-state index in [1.807, 2.05) is 24.3 Å². The lowest BCUT2D eigenvalue weighted by molar-refractivity contribution is 0.0996. The van der Waals surface area contributed by atoms with Gasteiger partial charge in [0.15, 0.2) is 5.78 Å². The van der Waals surface area contributed by atoms with Crippen molar-refractivity contribution in [2.45, 2.75) is 58.8 Å². The fourth-order valence-corrected chi connectivity index (χ4v) is 2.67. The van der Waals surface area contributed by atoms with Crippen LogP contribution in [0.4, 0.5) is 0 Å². The fraction of sp³-hybridized carbons (Fsp3) is 0.375. The maximum atomic E-state index is 12.3. The van der Waals surface area contributed by atoms with Crippen LogP contribution in [0, 0.1) is 0 Å². The Morgan fingerprint density at radius 3 is 1.64 bits per heavy atom. The number of allylic oxidation sites excluding steroid dienone is 1. The lowest BCUT2D eigenvalue weighted by atomic mass is 9.86. The van der Waals surface area contributed by atoms with E-state index in [-0.39, 0.29) is 16.6 Å². The lowest BCUT2D eigenvalue weighted by Crippen LogP contribution is -2.11. The number of hydrogen-bond acceptors (Lipinski definition) is 1. The van der Waals surface area contributed by atoms with Crippen molar-refractivity contribution in [3.05, 3.63) is 76.9 Å². The van der Waals surface area contributed by atoms with Crippen molar-refractivity contribution in [2.24, 2.45) is 0 Å². The van der Waals surface area contributed by atoms with Gasteiger partial charge in [0.05, 0.1) is 0 Å². The molecular formula is C24H30O. The predicted molar refractivity (Wildman–Crippen MR) is 108 cm³/mol. The Bertz CT molecular complexity index is 733. The van der Waals surface area contributed by atoms with Crippen molar-refractivity contribution in [3.63, 3.8) is 0 Å². The average Bonchev–Trinajstić information content (AvgIpc) is 2.54. The quantitative estimate of drug-likeness (QED) is 0.578. The predicted octanol–water partition coefficient (Wildman–Crippen LogP) is 6.57. The SMILES string of the molecule is CC(C)(C)c1ccc(/C=C/CC(=O)c2ccc(C(C)(C)C)cc2)cc1. The van der Waals surface area contributed by atoms with Gasteiger partial charge in [-0.2, -0.15) is 0 Å². The summed E-state index contributed by atoms with van der Waals surface area (Å²) >= 11 is 0. The molecule has 0 amide bonds. The van der Waals surface area contributed by atoms with Gasteiger partial charge in [0.1, 0.15) is 0 Å². The molecule has 0 fully saturated rings. The van der Waals surface area contributed by atoms with E-state index in [4.69, 9.17) is 0 Å². The first kappa shape index (κ1) is 19.2. The van der Waals surface area contributed by atoms with Crippen LogP contribution in [0.1, 0.15) is 75.0 Å². The summed E-state index contributed by atoms with van der Waals surface area (Å²) in [7, 11) is 0. The maximum absolute atomic E-state index is 12.3. The van der Waals surface area contributed by atoms with E-state index in [0.717, 1.165) is 11.1 Å². The first-order chi connectivity index (χ1) is 11.6. The molecule has 0 radical (unpaired) electrons. The third kappa shape index (κ3) is 5.42. The fourth-order valence-electron chi connectivity index (χ4n) is 2.67. The van der Waals surface area contributed by atoms with E-state index >= 15 is 0 Å². The molecule has 0 bridgehead atoms. The molecule has 0 atom stereocenters. The Hall–Kier alpha value is -2.15. The largest absolute Gasteiger partial charge is 0.294 e. The van der Waals surface area contributed by atoms with Crippen LogP contribution in [0.5, 0.6) is 0 Å². The molecule has 0 aromatic heterocycles. The van der Waals surface area contributed by atoms with Gasteiger partial charge in [0, 0.05) is 12.0 Å². The van der Waals surface area contributed by atoms with Crippen molar-refractivity contribution < 1.29 is 4.79 Å². The Kier molecular flexibility index (Phi) is 5.67. The Morgan fingerprint density at radius 1 is 0.760 bits per heavy atom. The zero-order valence-corrected chi connectivity index (χ0v) is 16.4. The minimum absolute atomic E-state index is 0.112. The van der Waals surface area contributed by atoms with E-state index in [1.165, 1.54) is 11.1 Å². The smallest absolute Gasteiger partial charge is 0.166 e. The van der Waals surface area contributed by atoms with Gasteiger partial charge in [-0.1, -0.05) is 102 Å². The summed E-state index contributed by atoms with van der Waals surface area (Å²) in [5, 5.41) is 0. The van der Waals surface area contributed by atoms with Crippen LogP contribution in [-0.2, 0) is 10.8 Å². The summed E-state index contributed by atoms with van der Waals surface area (Å²) < 4.78 is 0. The Labute approximate surface area is 152 Å². The van der Waals surface area contributed by atoms with Crippen LogP contribution in [0.3, 0.4) is 0 Å². The molecule has 1 heteroatoms. The molecule has 0 saturated carbocycles. The summed E-state index contributed by atoms with van der Waals surface area (Å²) in [6.45, 7) is 13.2. The van der Waals surface area contributed by atoms with Crippen molar-refractivity contribution in [3.8, 4) is 0 Å². The van der Waals surface area contributed by atoms with Gasteiger partial charge in [-0.25, -0.2) is 0 Å². The molecule has 0 saturated heterocycles. The highest BCUT2D eigenvalue weighted by atomic mass is 16.1. The van der Waals surface area contributed by atoms with Gasteiger partial charge in [-0.3, -0.25) is 4.79 Å². The van der Waals surface area contributed by atoms with E-state index < -0.39 is 0 Å². The molecular weight excluding hydrogens is 304 g/mol. The van der Waals surface area contributed by atoms with Crippen LogP contribution in [0.2, 0.25) is 0 Å². The summed E-state index contributed by atoms with van der Waals surface area (Å²) in [5.74, 6) is 0.156. The number of benzene rings is 2. The molecule has 1 nitrogen and oxygen atoms in total. The first-order valence-corrected chi connectivity index (χ1v) is 8.98. The topological polar surface area (TPSA) is 17.1 Å².